The zero-order valence-corrected chi connectivity index (χ0v) is 15.2. The number of carbonyl (C=O) groups is 1. The largest absolute Gasteiger partial charge is 0.379 e. The zero-order chi connectivity index (χ0) is 18.7. The molecule has 1 amide bonds. The molecule has 1 aliphatic heterocycles. The number of nitrogens with zero attached hydrogens (tertiary/aromatic N) is 4. The number of hydrogen-bond donors (Lipinski definition) is 2. The van der Waals surface area contributed by atoms with Crippen molar-refractivity contribution < 1.29 is 4.79 Å². The minimum Gasteiger partial charge on any atom is -0.379 e. The highest BCUT2D eigenvalue weighted by atomic mass is 32.2. The van der Waals surface area contributed by atoms with Crippen molar-refractivity contribution in [1.29, 1.82) is 5.26 Å². The summed E-state index contributed by atoms with van der Waals surface area (Å²) in [5.74, 6) is -0.367. The van der Waals surface area contributed by atoms with E-state index in [0.29, 0.717) is 21.7 Å². The summed E-state index contributed by atoms with van der Waals surface area (Å²) in [4.78, 5) is 25.2. The van der Waals surface area contributed by atoms with Crippen LogP contribution < -0.4 is 11.1 Å². The van der Waals surface area contributed by atoms with Gasteiger partial charge < -0.3 is 11.1 Å². The molecule has 0 aromatic carbocycles. The van der Waals surface area contributed by atoms with E-state index in [1.807, 2.05) is 19.1 Å². The summed E-state index contributed by atoms with van der Waals surface area (Å²) in [7, 11) is 0. The number of anilines is 1. The number of nitriles is 1. The van der Waals surface area contributed by atoms with E-state index in [-0.39, 0.29) is 11.6 Å². The summed E-state index contributed by atoms with van der Waals surface area (Å²) in [5, 5.41) is 12.5. The average molecular weight is 366 g/mol. The third kappa shape index (κ3) is 3.83. The quantitative estimate of drug-likeness (QED) is 0.862. The van der Waals surface area contributed by atoms with Crippen molar-refractivity contribution in [3.8, 4) is 6.07 Å². The molecule has 3 N–H and O–H groups in total. The van der Waals surface area contributed by atoms with Crippen LogP contribution in [0, 0.1) is 11.3 Å². The molecule has 0 fully saturated rings. The third-order valence-corrected chi connectivity index (χ3v) is 5.01. The Morgan fingerprint density at radius 1 is 1.42 bits per heavy atom. The first kappa shape index (κ1) is 17.9. The third-order valence-electron chi connectivity index (χ3n) is 4.11. The molecule has 8 heteroatoms. The summed E-state index contributed by atoms with van der Waals surface area (Å²) < 4.78 is 0. The van der Waals surface area contributed by atoms with Gasteiger partial charge in [-0.05, 0) is 37.1 Å². The van der Waals surface area contributed by atoms with Crippen molar-refractivity contribution in [2.75, 3.05) is 5.32 Å². The smallest absolute Gasteiger partial charge is 0.274 e. The van der Waals surface area contributed by atoms with E-state index in [4.69, 9.17) is 11.0 Å². The molecule has 7 nitrogen and oxygen atoms in total. The minimum absolute atomic E-state index is 0.227. The molecule has 132 valence electrons. The maximum atomic E-state index is 12.4. The lowest BCUT2D eigenvalue weighted by atomic mass is 9.89. The van der Waals surface area contributed by atoms with Gasteiger partial charge in [0.25, 0.3) is 5.91 Å². The van der Waals surface area contributed by atoms with Crippen LogP contribution in [0.5, 0.6) is 0 Å². The van der Waals surface area contributed by atoms with E-state index in [1.54, 1.807) is 30.2 Å². The standard InChI is InChI=1S/C18H18N6OS/c1-11-6-18(2,24-17(20)26-11)13-5-14(10-21-9-13)23-16(25)15-4-3-12(7-19)8-22-15/h3-5,8-11H,6H2,1-2H3,(H2,20,24)(H,23,25)/t11?,18-/m0/s1. The molecule has 0 spiro atoms. The predicted molar refractivity (Wildman–Crippen MR) is 102 cm³/mol. The van der Waals surface area contributed by atoms with Crippen LogP contribution in [0.3, 0.4) is 0 Å². The summed E-state index contributed by atoms with van der Waals surface area (Å²) in [5.41, 5.74) is 7.54. The van der Waals surface area contributed by atoms with E-state index in [2.05, 4.69) is 27.2 Å². The van der Waals surface area contributed by atoms with Crippen LogP contribution in [0.1, 0.15) is 41.9 Å². The lowest BCUT2D eigenvalue weighted by Crippen LogP contribution is -2.32. The summed E-state index contributed by atoms with van der Waals surface area (Å²) in [6, 6.07) is 6.89. The SMILES string of the molecule is CC1C[C@@](C)(c2cncc(NC(=O)c3ccc(C#N)cn3)c2)N=C(N)S1. The fourth-order valence-corrected chi connectivity index (χ4v) is 3.97. The topological polar surface area (TPSA) is 117 Å². The molecule has 0 radical (unpaired) electrons. The van der Waals surface area contributed by atoms with Gasteiger partial charge in [-0.2, -0.15) is 5.26 Å². The molecule has 3 rings (SSSR count). The Bertz CT molecular complexity index is 905. The van der Waals surface area contributed by atoms with Gasteiger partial charge in [0.2, 0.25) is 0 Å². The van der Waals surface area contributed by atoms with E-state index in [0.717, 1.165) is 12.0 Å². The molecular weight excluding hydrogens is 348 g/mol. The molecule has 1 unspecified atom stereocenters. The number of aromatic nitrogens is 2. The van der Waals surface area contributed by atoms with Crippen LogP contribution in [0.15, 0.2) is 41.8 Å². The van der Waals surface area contributed by atoms with Gasteiger partial charge in [0.15, 0.2) is 5.17 Å². The van der Waals surface area contributed by atoms with Crippen LogP contribution in [0.2, 0.25) is 0 Å². The number of pyridine rings is 2. The first-order chi connectivity index (χ1) is 12.4. The lowest BCUT2D eigenvalue weighted by Gasteiger charge is -2.33. The highest BCUT2D eigenvalue weighted by Crippen LogP contribution is 2.38. The van der Waals surface area contributed by atoms with Crippen molar-refractivity contribution in [1.82, 2.24) is 9.97 Å². The average Bonchev–Trinajstić information content (AvgIpc) is 2.61. The second kappa shape index (κ2) is 7.14. The molecule has 1 aliphatic rings. The van der Waals surface area contributed by atoms with Crippen molar-refractivity contribution in [2.24, 2.45) is 10.7 Å². The number of carbonyl (C=O) groups excluding carboxylic acids is 1. The molecule has 0 aliphatic carbocycles. The molecule has 0 saturated carbocycles. The molecule has 0 bridgehead atoms. The highest BCUT2D eigenvalue weighted by Gasteiger charge is 2.33. The monoisotopic (exact) mass is 366 g/mol. The fraction of sp³-hybridized carbons (Fsp3) is 0.278. The Kier molecular flexibility index (Phi) is 4.91. The number of amidine groups is 1. The molecule has 3 heterocycles. The Labute approximate surface area is 155 Å². The van der Waals surface area contributed by atoms with Crippen LogP contribution >= 0.6 is 11.8 Å². The Balaban J connectivity index is 1.82. The van der Waals surface area contributed by atoms with Gasteiger partial charge in [0.05, 0.1) is 23.0 Å². The van der Waals surface area contributed by atoms with Crippen LogP contribution in [0.4, 0.5) is 5.69 Å². The number of thioether (sulfide) groups is 1. The van der Waals surface area contributed by atoms with Crippen molar-refractivity contribution >= 4 is 28.5 Å². The maximum Gasteiger partial charge on any atom is 0.274 e. The Hall–Kier alpha value is -2.92. The van der Waals surface area contributed by atoms with Crippen LogP contribution in [-0.2, 0) is 5.54 Å². The van der Waals surface area contributed by atoms with Gasteiger partial charge in [0.1, 0.15) is 11.8 Å². The first-order valence-corrected chi connectivity index (χ1v) is 8.92. The number of nitrogens with two attached hydrogens (primary N) is 1. The summed E-state index contributed by atoms with van der Waals surface area (Å²) in [6.45, 7) is 4.13. The number of aliphatic imine (C=N–C) groups is 1. The molecular formula is C18H18N6OS. The van der Waals surface area contributed by atoms with E-state index >= 15 is 0 Å². The van der Waals surface area contributed by atoms with E-state index in [1.165, 1.54) is 12.3 Å². The second-order valence-electron chi connectivity index (χ2n) is 6.32. The second-order valence-corrected chi connectivity index (χ2v) is 7.78. The zero-order valence-electron chi connectivity index (χ0n) is 14.4. The minimum atomic E-state index is -0.477. The van der Waals surface area contributed by atoms with E-state index < -0.39 is 5.54 Å². The van der Waals surface area contributed by atoms with Crippen molar-refractivity contribution in [3.63, 3.8) is 0 Å². The fourth-order valence-electron chi connectivity index (χ4n) is 2.90. The van der Waals surface area contributed by atoms with Gasteiger partial charge in [-0.25, -0.2) is 4.98 Å². The predicted octanol–water partition coefficient (Wildman–Crippen LogP) is 2.66. The van der Waals surface area contributed by atoms with Crippen LogP contribution in [0.25, 0.3) is 0 Å². The number of nitrogens with one attached hydrogen (secondary N) is 1. The lowest BCUT2D eigenvalue weighted by molar-refractivity contribution is 0.102. The molecule has 0 saturated heterocycles. The number of hydrogen-bond acceptors (Lipinski definition) is 7. The summed E-state index contributed by atoms with van der Waals surface area (Å²) in [6.07, 6.45) is 5.51. The number of amides is 1. The number of rotatable bonds is 3. The van der Waals surface area contributed by atoms with Gasteiger partial charge in [-0.3, -0.25) is 14.8 Å². The van der Waals surface area contributed by atoms with Gasteiger partial charge in [-0.15, -0.1) is 0 Å². The first-order valence-electron chi connectivity index (χ1n) is 8.04. The van der Waals surface area contributed by atoms with Crippen molar-refractivity contribution in [2.45, 2.75) is 31.1 Å². The van der Waals surface area contributed by atoms with E-state index in [9.17, 15) is 4.79 Å². The summed E-state index contributed by atoms with van der Waals surface area (Å²) >= 11 is 1.56. The molecule has 2 aromatic heterocycles. The molecule has 26 heavy (non-hydrogen) atoms. The molecule has 2 atom stereocenters. The highest BCUT2D eigenvalue weighted by molar-refractivity contribution is 8.14. The van der Waals surface area contributed by atoms with Gasteiger partial charge in [0, 0.05) is 17.6 Å². The Morgan fingerprint density at radius 2 is 2.23 bits per heavy atom. The van der Waals surface area contributed by atoms with Crippen molar-refractivity contribution in [3.05, 3.63) is 53.6 Å². The molecule has 2 aromatic rings. The van der Waals surface area contributed by atoms with Gasteiger partial charge >= 0.3 is 0 Å². The normalized spacial score (nSPS) is 22.2. The Morgan fingerprint density at radius 3 is 2.88 bits per heavy atom. The van der Waals surface area contributed by atoms with Crippen LogP contribution in [-0.4, -0.2) is 26.3 Å². The van der Waals surface area contributed by atoms with Gasteiger partial charge in [-0.1, -0.05) is 18.7 Å². The maximum absolute atomic E-state index is 12.4.